The summed E-state index contributed by atoms with van der Waals surface area (Å²) in [5, 5.41) is 17.9. The first-order chi connectivity index (χ1) is 16.1. The molecule has 1 aromatic carbocycles. The van der Waals surface area contributed by atoms with Crippen LogP contribution in [0.5, 0.6) is 0 Å². The zero-order valence-electron chi connectivity index (χ0n) is 18.1. The van der Waals surface area contributed by atoms with Crippen LogP contribution in [0.3, 0.4) is 0 Å². The molecule has 33 heavy (non-hydrogen) atoms. The van der Waals surface area contributed by atoms with Gasteiger partial charge in [-0.05, 0) is 37.1 Å². The summed E-state index contributed by atoms with van der Waals surface area (Å²) in [7, 11) is 0. The van der Waals surface area contributed by atoms with Crippen LogP contribution >= 0.6 is 23.1 Å². The minimum Gasteiger partial charge on any atom is -0.467 e. The Kier molecular flexibility index (Phi) is 7.30. The summed E-state index contributed by atoms with van der Waals surface area (Å²) in [5.41, 5.74) is 2.93. The van der Waals surface area contributed by atoms with Gasteiger partial charge in [-0.3, -0.25) is 0 Å². The van der Waals surface area contributed by atoms with E-state index in [0.29, 0.717) is 32.3 Å². The number of aromatic nitrogens is 2. The summed E-state index contributed by atoms with van der Waals surface area (Å²) in [4.78, 5) is 25.0. The van der Waals surface area contributed by atoms with Gasteiger partial charge < -0.3 is 25.1 Å². The predicted molar refractivity (Wildman–Crippen MR) is 127 cm³/mol. The number of esters is 1. The molecule has 1 aliphatic heterocycles. The summed E-state index contributed by atoms with van der Waals surface area (Å²) in [6, 6.07) is 10.3. The second-order valence-electron chi connectivity index (χ2n) is 6.96. The monoisotopic (exact) mass is 485 g/mol. The number of benzene rings is 1. The number of para-hydroxylation sites is 1. The molecule has 1 aliphatic rings. The number of hydrogen-bond acceptors (Lipinski definition) is 9. The number of ether oxygens (including phenoxy) is 1. The Morgan fingerprint density at radius 3 is 2.85 bits per heavy atom. The van der Waals surface area contributed by atoms with Crippen LogP contribution in [0.2, 0.25) is 0 Å². The number of rotatable bonds is 9. The van der Waals surface area contributed by atoms with Gasteiger partial charge in [-0.1, -0.05) is 48.2 Å². The second kappa shape index (κ2) is 10.5. The van der Waals surface area contributed by atoms with Crippen molar-refractivity contribution in [2.75, 3.05) is 17.7 Å². The number of anilines is 2. The Labute approximate surface area is 199 Å². The van der Waals surface area contributed by atoms with Gasteiger partial charge in [-0.2, -0.15) is 0 Å². The predicted octanol–water partition coefficient (Wildman–Crippen LogP) is 4.40. The molecule has 3 aromatic rings. The van der Waals surface area contributed by atoms with Crippen LogP contribution in [-0.4, -0.2) is 34.6 Å². The third kappa shape index (κ3) is 5.37. The molecule has 0 saturated heterocycles. The Morgan fingerprint density at radius 1 is 1.24 bits per heavy atom. The number of carbonyl (C=O) groups is 2. The number of aryl methyl sites for hydroxylation is 1. The molecule has 3 N–H and O–H groups in total. The van der Waals surface area contributed by atoms with Crippen LogP contribution in [0, 0.1) is 0 Å². The molecule has 172 valence electrons. The van der Waals surface area contributed by atoms with Gasteiger partial charge in [-0.15, -0.1) is 10.2 Å². The van der Waals surface area contributed by atoms with Crippen LogP contribution in [0.25, 0.3) is 0 Å². The van der Waals surface area contributed by atoms with Crippen molar-refractivity contribution < 1.29 is 18.7 Å². The summed E-state index contributed by atoms with van der Waals surface area (Å²) in [6.07, 6.45) is 2.39. The number of hydrogen-bond donors (Lipinski definition) is 3. The zero-order valence-corrected chi connectivity index (χ0v) is 19.7. The highest BCUT2D eigenvalue weighted by Gasteiger charge is 2.35. The third-order valence-corrected chi connectivity index (χ3v) is 6.86. The number of urea groups is 1. The molecule has 9 nitrogen and oxygen atoms in total. The lowest BCUT2D eigenvalue weighted by Crippen LogP contribution is -2.46. The molecule has 2 aromatic heterocycles. The van der Waals surface area contributed by atoms with E-state index in [0.717, 1.165) is 12.1 Å². The van der Waals surface area contributed by atoms with Crippen LogP contribution < -0.4 is 16.0 Å². The SMILES string of the molecule is CCOC(=O)C1=C(CSc2nnc(Nc3ccccc3CC)s2)NC(=O)NC1c1ccco1. The molecule has 0 radical (unpaired) electrons. The van der Waals surface area contributed by atoms with Crippen molar-refractivity contribution in [1.29, 1.82) is 0 Å². The maximum absolute atomic E-state index is 12.7. The Hall–Kier alpha value is -3.31. The van der Waals surface area contributed by atoms with Gasteiger partial charge in [0.2, 0.25) is 5.13 Å². The number of carbonyl (C=O) groups excluding carboxylic acids is 2. The number of thioether (sulfide) groups is 1. The van der Waals surface area contributed by atoms with Gasteiger partial charge in [0.05, 0.1) is 18.4 Å². The Morgan fingerprint density at radius 2 is 2.09 bits per heavy atom. The molecule has 3 heterocycles. The van der Waals surface area contributed by atoms with Crippen molar-refractivity contribution in [3.63, 3.8) is 0 Å². The van der Waals surface area contributed by atoms with Gasteiger partial charge in [0.15, 0.2) is 4.34 Å². The van der Waals surface area contributed by atoms with Crippen molar-refractivity contribution in [2.45, 2.75) is 30.6 Å². The molecule has 0 saturated carbocycles. The van der Waals surface area contributed by atoms with Gasteiger partial charge in [0.25, 0.3) is 0 Å². The van der Waals surface area contributed by atoms with E-state index < -0.39 is 18.0 Å². The summed E-state index contributed by atoms with van der Waals surface area (Å²) in [5.74, 6) is 0.240. The molecule has 0 fully saturated rings. The highest BCUT2D eigenvalue weighted by molar-refractivity contribution is 8.01. The largest absolute Gasteiger partial charge is 0.467 e. The first kappa shape index (κ1) is 22.9. The molecule has 0 aliphatic carbocycles. The number of furan rings is 1. The molecular weight excluding hydrogens is 462 g/mol. The van der Waals surface area contributed by atoms with E-state index in [-0.39, 0.29) is 6.61 Å². The fourth-order valence-electron chi connectivity index (χ4n) is 3.37. The van der Waals surface area contributed by atoms with Crippen molar-refractivity contribution in [2.24, 2.45) is 0 Å². The van der Waals surface area contributed by atoms with Crippen LogP contribution in [0.1, 0.15) is 31.2 Å². The van der Waals surface area contributed by atoms with E-state index in [1.54, 1.807) is 19.1 Å². The first-order valence-corrected chi connectivity index (χ1v) is 12.2. The average Bonchev–Trinajstić information content (AvgIpc) is 3.50. The van der Waals surface area contributed by atoms with E-state index in [4.69, 9.17) is 9.15 Å². The summed E-state index contributed by atoms with van der Waals surface area (Å²) < 4.78 is 11.4. The maximum atomic E-state index is 12.7. The van der Waals surface area contributed by atoms with Gasteiger partial charge in [0.1, 0.15) is 11.8 Å². The fraction of sp³-hybridized carbons (Fsp3) is 0.273. The van der Waals surface area contributed by atoms with Crippen molar-refractivity contribution in [3.8, 4) is 0 Å². The summed E-state index contributed by atoms with van der Waals surface area (Å²) >= 11 is 2.77. The molecule has 0 spiro atoms. The number of amides is 2. The van der Waals surface area contributed by atoms with E-state index >= 15 is 0 Å². The minimum absolute atomic E-state index is 0.215. The molecule has 11 heteroatoms. The fourth-order valence-corrected chi connectivity index (χ4v) is 5.10. The van der Waals surface area contributed by atoms with E-state index in [1.165, 1.54) is 34.9 Å². The topological polar surface area (TPSA) is 118 Å². The van der Waals surface area contributed by atoms with Crippen LogP contribution in [0.15, 0.2) is 62.7 Å². The highest BCUT2D eigenvalue weighted by atomic mass is 32.2. The first-order valence-electron chi connectivity index (χ1n) is 10.4. The molecule has 1 atom stereocenters. The molecule has 4 rings (SSSR count). The van der Waals surface area contributed by atoms with Crippen molar-refractivity contribution >= 4 is 45.9 Å². The van der Waals surface area contributed by atoms with Gasteiger partial charge >= 0.3 is 12.0 Å². The van der Waals surface area contributed by atoms with Crippen LogP contribution in [-0.2, 0) is 16.0 Å². The third-order valence-electron chi connectivity index (χ3n) is 4.86. The second-order valence-corrected chi connectivity index (χ2v) is 9.16. The highest BCUT2D eigenvalue weighted by Crippen LogP contribution is 2.33. The molecule has 0 bridgehead atoms. The lowest BCUT2D eigenvalue weighted by molar-refractivity contribution is -0.139. The van der Waals surface area contributed by atoms with Crippen molar-refractivity contribution in [1.82, 2.24) is 20.8 Å². The van der Waals surface area contributed by atoms with Gasteiger partial charge in [0, 0.05) is 17.1 Å². The molecular formula is C22H23N5O4S2. The lowest BCUT2D eigenvalue weighted by Gasteiger charge is -2.27. The Balaban J connectivity index is 1.53. The summed E-state index contributed by atoms with van der Waals surface area (Å²) in [6.45, 7) is 4.04. The maximum Gasteiger partial charge on any atom is 0.338 e. The smallest absolute Gasteiger partial charge is 0.338 e. The zero-order chi connectivity index (χ0) is 23.2. The van der Waals surface area contributed by atoms with E-state index in [9.17, 15) is 9.59 Å². The standard InChI is InChI=1S/C22H23N5O4S2/c1-3-13-8-5-6-9-14(13)24-21-26-27-22(33-21)32-12-15-17(19(28)30-4-2)18(25-20(29)23-15)16-10-7-11-31-16/h5-11,18H,3-4,12H2,1-2H3,(H,24,26)(H2,23,25,29). The van der Waals surface area contributed by atoms with E-state index in [2.05, 4.69) is 39.1 Å². The van der Waals surface area contributed by atoms with Gasteiger partial charge in [-0.25, -0.2) is 9.59 Å². The molecule has 1 unspecified atom stereocenters. The quantitative estimate of drug-likeness (QED) is 0.301. The van der Waals surface area contributed by atoms with Crippen molar-refractivity contribution in [3.05, 3.63) is 65.3 Å². The Bertz CT molecular complexity index is 1160. The number of nitrogens with one attached hydrogen (secondary N) is 3. The number of nitrogens with zero attached hydrogens (tertiary/aromatic N) is 2. The average molecular weight is 486 g/mol. The molecule has 2 amide bonds. The van der Waals surface area contributed by atoms with E-state index in [1.807, 2.05) is 18.2 Å². The minimum atomic E-state index is -0.736. The lowest BCUT2D eigenvalue weighted by atomic mass is 10.0. The van der Waals surface area contributed by atoms with Crippen LogP contribution in [0.4, 0.5) is 15.6 Å². The normalized spacial score (nSPS) is 15.7.